The van der Waals surface area contributed by atoms with Crippen LogP contribution in [-0.4, -0.2) is 22.8 Å². The number of carboxylic acids is 1. The molecule has 0 saturated heterocycles. The van der Waals surface area contributed by atoms with E-state index in [0.29, 0.717) is 6.42 Å². The number of rotatable bonds is 1. The molecular formula is C13H12N2O2. The molecule has 2 aliphatic rings. The number of fused-ring (bicyclic) bond motifs is 2. The summed E-state index contributed by atoms with van der Waals surface area (Å²) in [5.74, 6) is -1.22. The Hall–Kier alpha value is -2.10. The van der Waals surface area contributed by atoms with Crippen molar-refractivity contribution in [3.05, 3.63) is 36.4 Å². The number of aliphatic imine (C=N–C) groups is 1. The zero-order valence-corrected chi connectivity index (χ0v) is 9.13. The fourth-order valence-corrected chi connectivity index (χ4v) is 2.31. The van der Waals surface area contributed by atoms with Crippen molar-refractivity contribution in [1.29, 1.82) is 0 Å². The lowest BCUT2D eigenvalue weighted by molar-refractivity contribution is -0.141. The number of para-hydroxylation sites is 2. The minimum atomic E-state index is -0.779. The maximum Gasteiger partial charge on any atom is 0.309 e. The fourth-order valence-electron chi connectivity index (χ4n) is 2.31. The van der Waals surface area contributed by atoms with Gasteiger partial charge in [0.15, 0.2) is 0 Å². The van der Waals surface area contributed by atoms with Crippen LogP contribution in [0.15, 0.2) is 41.4 Å². The molecule has 1 aromatic carbocycles. The highest BCUT2D eigenvalue weighted by Gasteiger charge is 2.34. The van der Waals surface area contributed by atoms with E-state index in [1.807, 2.05) is 36.4 Å². The molecule has 0 bridgehead atoms. The van der Waals surface area contributed by atoms with E-state index in [9.17, 15) is 9.90 Å². The Balaban J connectivity index is 2.05. The molecule has 0 fully saturated rings. The predicted octanol–water partition coefficient (Wildman–Crippen LogP) is 2.21. The molecule has 2 atom stereocenters. The summed E-state index contributed by atoms with van der Waals surface area (Å²) in [6.07, 6.45) is 4.34. The van der Waals surface area contributed by atoms with Crippen LogP contribution < -0.4 is 5.32 Å². The van der Waals surface area contributed by atoms with Crippen molar-refractivity contribution >= 4 is 23.1 Å². The van der Waals surface area contributed by atoms with Gasteiger partial charge >= 0.3 is 5.97 Å². The molecule has 4 heteroatoms. The first-order valence-corrected chi connectivity index (χ1v) is 5.59. The summed E-state index contributed by atoms with van der Waals surface area (Å²) in [6.45, 7) is 0. The first-order valence-electron chi connectivity index (χ1n) is 5.59. The van der Waals surface area contributed by atoms with Crippen LogP contribution in [0.25, 0.3) is 0 Å². The van der Waals surface area contributed by atoms with E-state index in [1.165, 1.54) is 0 Å². The summed E-state index contributed by atoms with van der Waals surface area (Å²) >= 11 is 0. The molecule has 2 N–H and O–H groups in total. The molecule has 1 unspecified atom stereocenters. The van der Waals surface area contributed by atoms with Crippen LogP contribution in [0.3, 0.4) is 0 Å². The number of aliphatic carboxylic acids is 1. The van der Waals surface area contributed by atoms with Gasteiger partial charge in [-0.3, -0.25) is 4.79 Å². The van der Waals surface area contributed by atoms with Gasteiger partial charge in [-0.25, -0.2) is 4.99 Å². The van der Waals surface area contributed by atoms with Crippen LogP contribution in [0.1, 0.15) is 6.42 Å². The average Bonchev–Trinajstić information content (AvgIpc) is 2.35. The average molecular weight is 228 g/mol. The molecule has 0 amide bonds. The smallest absolute Gasteiger partial charge is 0.309 e. The maximum atomic E-state index is 11.2. The normalized spacial score (nSPS) is 25.3. The maximum absolute atomic E-state index is 11.2. The molecule has 17 heavy (non-hydrogen) atoms. The SMILES string of the molecule is O=C(O)[C@@H]1CC=CC2=Nc3ccccc3NC21. The van der Waals surface area contributed by atoms with Gasteiger partial charge in [-0.2, -0.15) is 0 Å². The number of hydrogen-bond donors (Lipinski definition) is 2. The van der Waals surface area contributed by atoms with Gasteiger partial charge in [0, 0.05) is 0 Å². The largest absolute Gasteiger partial charge is 0.481 e. The molecule has 0 radical (unpaired) electrons. The van der Waals surface area contributed by atoms with E-state index in [2.05, 4.69) is 10.3 Å². The Bertz CT molecular complexity index is 534. The second kappa shape index (κ2) is 3.73. The Morgan fingerprint density at radius 2 is 2.24 bits per heavy atom. The van der Waals surface area contributed by atoms with Crippen molar-refractivity contribution in [2.75, 3.05) is 5.32 Å². The molecular weight excluding hydrogens is 216 g/mol. The number of hydrogen-bond acceptors (Lipinski definition) is 3. The van der Waals surface area contributed by atoms with Crippen molar-refractivity contribution in [3.63, 3.8) is 0 Å². The third kappa shape index (κ3) is 1.62. The molecule has 0 aromatic heterocycles. The van der Waals surface area contributed by atoms with Crippen molar-refractivity contribution < 1.29 is 9.90 Å². The quantitative estimate of drug-likeness (QED) is 0.774. The number of anilines is 1. The van der Waals surface area contributed by atoms with Gasteiger partial charge in [-0.05, 0) is 24.6 Å². The summed E-state index contributed by atoms with van der Waals surface area (Å²) in [5.41, 5.74) is 2.58. The monoisotopic (exact) mass is 228 g/mol. The highest BCUT2D eigenvalue weighted by Crippen LogP contribution is 2.33. The third-order valence-electron chi connectivity index (χ3n) is 3.18. The second-order valence-corrected chi connectivity index (χ2v) is 4.26. The van der Waals surface area contributed by atoms with E-state index in [0.717, 1.165) is 17.1 Å². The number of nitrogens with one attached hydrogen (secondary N) is 1. The lowest BCUT2D eigenvalue weighted by Gasteiger charge is -2.32. The summed E-state index contributed by atoms with van der Waals surface area (Å²) in [7, 11) is 0. The molecule has 1 aliphatic carbocycles. The number of carbonyl (C=O) groups is 1. The Kier molecular flexibility index (Phi) is 2.21. The first kappa shape index (κ1) is 10.1. The minimum absolute atomic E-state index is 0.215. The van der Waals surface area contributed by atoms with E-state index in [1.54, 1.807) is 0 Å². The van der Waals surface area contributed by atoms with E-state index in [-0.39, 0.29) is 6.04 Å². The topological polar surface area (TPSA) is 61.7 Å². The molecule has 0 saturated carbocycles. The summed E-state index contributed by atoms with van der Waals surface area (Å²) < 4.78 is 0. The molecule has 3 rings (SSSR count). The molecule has 1 aromatic rings. The van der Waals surface area contributed by atoms with Crippen LogP contribution in [-0.2, 0) is 4.79 Å². The summed E-state index contributed by atoms with van der Waals surface area (Å²) in [6, 6.07) is 7.47. The standard InChI is InChI=1S/C13H12N2O2/c16-13(17)8-4-3-7-11-12(8)15-10-6-2-1-5-9(10)14-11/h1-3,5-8,12,15H,4H2,(H,16,17)/t8-,12?/m1/s1. The lowest BCUT2D eigenvalue weighted by Crippen LogP contribution is -2.43. The van der Waals surface area contributed by atoms with Gasteiger partial charge in [-0.1, -0.05) is 18.2 Å². The van der Waals surface area contributed by atoms with E-state index >= 15 is 0 Å². The van der Waals surface area contributed by atoms with Crippen molar-refractivity contribution in [2.45, 2.75) is 12.5 Å². The number of carboxylic acid groups (broad SMARTS) is 1. The summed E-state index contributed by atoms with van der Waals surface area (Å²) in [5, 5.41) is 12.5. The molecule has 1 aliphatic heterocycles. The molecule has 4 nitrogen and oxygen atoms in total. The van der Waals surface area contributed by atoms with E-state index < -0.39 is 11.9 Å². The molecule has 1 heterocycles. The first-order chi connectivity index (χ1) is 8.25. The Labute approximate surface area is 98.7 Å². The Morgan fingerprint density at radius 3 is 3.06 bits per heavy atom. The predicted molar refractivity (Wildman–Crippen MR) is 65.8 cm³/mol. The second-order valence-electron chi connectivity index (χ2n) is 4.26. The fraction of sp³-hybridized carbons (Fsp3) is 0.231. The van der Waals surface area contributed by atoms with Crippen molar-refractivity contribution in [1.82, 2.24) is 0 Å². The van der Waals surface area contributed by atoms with Crippen molar-refractivity contribution in [2.24, 2.45) is 10.9 Å². The molecule has 0 spiro atoms. The zero-order chi connectivity index (χ0) is 11.8. The van der Waals surface area contributed by atoms with Gasteiger partial charge in [0.1, 0.15) is 0 Å². The number of allylic oxidation sites excluding steroid dienone is 1. The lowest BCUT2D eigenvalue weighted by atomic mass is 9.86. The van der Waals surface area contributed by atoms with Crippen LogP contribution >= 0.6 is 0 Å². The van der Waals surface area contributed by atoms with Gasteiger partial charge < -0.3 is 10.4 Å². The van der Waals surface area contributed by atoms with Crippen molar-refractivity contribution in [3.8, 4) is 0 Å². The molecule has 86 valence electrons. The number of benzene rings is 1. The van der Waals surface area contributed by atoms with Gasteiger partial charge in [-0.15, -0.1) is 0 Å². The van der Waals surface area contributed by atoms with Gasteiger partial charge in [0.2, 0.25) is 0 Å². The van der Waals surface area contributed by atoms with Gasteiger partial charge in [0.05, 0.1) is 29.0 Å². The van der Waals surface area contributed by atoms with Crippen LogP contribution in [0.2, 0.25) is 0 Å². The third-order valence-corrected chi connectivity index (χ3v) is 3.18. The van der Waals surface area contributed by atoms with Crippen LogP contribution in [0, 0.1) is 5.92 Å². The summed E-state index contributed by atoms with van der Waals surface area (Å²) in [4.78, 5) is 15.7. The Morgan fingerprint density at radius 1 is 1.41 bits per heavy atom. The minimum Gasteiger partial charge on any atom is -0.481 e. The van der Waals surface area contributed by atoms with Crippen LogP contribution in [0.4, 0.5) is 11.4 Å². The van der Waals surface area contributed by atoms with Gasteiger partial charge in [0.25, 0.3) is 0 Å². The van der Waals surface area contributed by atoms with E-state index in [4.69, 9.17) is 0 Å². The highest BCUT2D eigenvalue weighted by atomic mass is 16.4. The number of nitrogens with zero attached hydrogens (tertiary/aromatic N) is 1. The zero-order valence-electron chi connectivity index (χ0n) is 9.13. The van der Waals surface area contributed by atoms with Crippen LogP contribution in [0.5, 0.6) is 0 Å². The highest BCUT2D eigenvalue weighted by molar-refractivity contribution is 6.08.